The van der Waals surface area contributed by atoms with Crippen LogP contribution in [0.25, 0.3) is 11.0 Å². The molecule has 0 saturated carbocycles. The second-order valence-electron chi connectivity index (χ2n) is 8.94. The average Bonchev–Trinajstić information content (AvgIpc) is 2.93. The topological polar surface area (TPSA) is 143 Å². The summed E-state index contributed by atoms with van der Waals surface area (Å²) in [6, 6.07) is 22.7. The van der Waals surface area contributed by atoms with Gasteiger partial charge in [0.15, 0.2) is 11.6 Å². The van der Waals surface area contributed by atoms with Crippen molar-refractivity contribution in [2.24, 2.45) is 0 Å². The molecule has 10 nitrogen and oxygen atoms in total. The van der Waals surface area contributed by atoms with E-state index in [-0.39, 0.29) is 41.8 Å². The number of phenols is 1. The van der Waals surface area contributed by atoms with Gasteiger partial charge in [-0.1, -0.05) is 37.8 Å². The number of ether oxygens (including phenoxy) is 1. The van der Waals surface area contributed by atoms with Gasteiger partial charge in [-0.15, -0.1) is 0 Å². The minimum absolute atomic E-state index is 0. The van der Waals surface area contributed by atoms with E-state index in [0.29, 0.717) is 28.0 Å². The molecule has 1 heterocycles. The summed E-state index contributed by atoms with van der Waals surface area (Å²) in [7, 11) is -2.76. The fraction of sp³-hybridized carbons (Fsp3) is 0.100. The van der Waals surface area contributed by atoms with Gasteiger partial charge in [-0.2, -0.15) is 0 Å². The molecule has 0 aliphatic heterocycles. The van der Waals surface area contributed by atoms with Crippen molar-refractivity contribution in [1.29, 1.82) is 0 Å². The van der Waals surface area contributed by atoms with Crippen LogP contribution in [0.4, 0.5) is 27.4 Å². The molecule has 0 bridgehead atoms. The van der Waals surface area contributed by atoms with E-state index in [0.717, 1.165) is 0 Å². The zero-order valence-corrected chi connectivity index (χ0v) is 22.4. The number of hydrogen-bond acceptors (Lipinski definition) is 8. The highest BCUT2D eigenvalue weighted by atomic mass is 32.2. The summed E-state index contributed by atoms with van der Waals surface area (Å²) in [4.78, 5) is 21.4. The van der Waals surface area contributed by atoms with Gasteiger partial charge in [-0.3, -0.25) is 9.52 Å². The standard InChI is InChI=1S/C29H24FN5O5S.CH4/c1-40-23-15-21(14-22(36)17-23)32-28-29(34-26-11-3-2-10-25(26)33-28)35-41(38,39)24-9-5-8-20(16-24)31-27(37)13-18-6-4-7-19(30)12-18;/h2-12,14-17,36H,13H2,1H3,(H,31,37)(H,32,33)(H,34,35);1H4. The van der Waals surface area contributed by atoms with E-state index in [4.69, 9.17) is 4.74 Å². The maximum atomic E-state index is 13.5. The Kier molecular flexibility index (Phi) is 8.87. The minimum atomic E-state index is -4.21. The fourth-order valence-electron chi connectivity index (χ4n) is 4.03. The summed E-state index contributed by atoms with van der Waals surface area (Å²) in [5.74, 6) is -0.598. The second-order valence-corrected chi connectivity index (χ2v) is 10.6. The number of halogens is 1. The Morgan fingerprint density at radius 1 is 0.881 bits per heavy atom. The summed E-state index contributed by atoms with van der Waals surface area (Å²) in [6.07, 6.45) is -0.0888. The number of amides is 1. The summed E-state index contributed by atoms with van der Waals surface area (Å²) >= 11 is 0. The number of rotatable bonds is 9. The normalized spacial score (nSPS) is 10.9. The highest BCUT2D eigenvalue weighted by Crippen LogP contribution is 2.31. The Labute approximate surface area is 242 Å². The van der Waals surface area contributed by atoms with Crippen molar-refractivity contribution in [3.8, 4) is 11.5 Å². The molecule has 0 aliphatic rings. The number of aromatic hydroxyl groups is 1. The first kappa shape index (κ1) is 29.7. The van der Waals surface area contributed by atoms with E-state index < -0.39 is 21.7 Å². The predicted molar refractivity (Wildman–Crippen MR) is 160 cm³/mol. The number of hydrogen-bond donors (Lipinski definition) is 4. The van der Waals surface area contributed by atoms with Crippen LogP contribution in [-0.2, 0) is 21.2 Å². The largest absolute Gasteiger partial charge is 0.508 e. The smallest absolute Gasteiger partial charge is 0.263 e. The number of fused-ring (bicyclic) bond motifs is 1. The third-order valence-corrected chi connectivity index (χ3v) is 7.21. The first-order chi connectivity index (χ1) is 19.7. The Morgan fingerprint density at radius 2 is 1.60 bits per heavy atom. The van der Waals surface area contributed by atoms with Crippen molar-refractivity contribution >= 4 is 50.0 Å². The van der Waals surface area contributed by atoms with Crippen molar-refractivity contribution in [2.45, 2.75) is 18.7 Å². The molecule has 0 unspecified atom stereocenters. The van der Waals surface area contributed by atoms with Gasteiger partial charge in [-0.05, 0) is 48.0 Å². The summed E-state index contributed by atoms with van der Waals surface area (Å²) in [6.45, 7) is 0. The van der Waals surface area contributed by atoms with Gasteiger partial charge in [0, 0.05) is 29.6 Å². The van der Waals surface area contributed by atoms with Crippen molar-refractivity contribution in [2.75, 3.05) is 22.5 Å². The van der Waals surface area contributed by atoms with Crippen LogP contribution < -0.4 is 20.1 Å². The maximum Gasteiger partial charge on any atom is 0.263 e. The van der Waals surface area contributed by atoms with Crippen LogP contribution >= 0.6 is 0 Å². The number of benzene rings is 4. The number of sulfonamides is 1. The first-order valence-corrected chi connectivity index (χ1v) is 13.8. The van der Waals surface area contributed by atoms with E-state index in [2.05, 4.69) is 25.3 Å². The number of nitrogens with zero attached hydrogens (tertiary/aromatic N) is 2. The lowest BCUT2D eigenvalue weighted by atomic mass is 10.1. The predicted octanol–water partition coefficient (Wildman–Crippen LogP) is 5.84. The van der Waals surface area contributed by atoms with Crippen molar-refractivity contribution < 1.29 is 27.4 Å². The summed E-state index contributed by atoms with van der Waals surface area (Å²) in [5, 5.41) is 15.7. The van der Waals surface area contributed by atoms with Crippen LogP contribution in [0.1, 0.15) is 13.0 Å². The van der Waals surface area contributed by atoms with Crippen LogP contribution in [0, 0.1) is 5.82 Å². The highest BCUT2D eigenvalue weighted by molar-refractivity contribution is 7.92. The van der Waals surface area contributed by atoms with Crippen LogP contribution in [-0.4, -0.2) is 36.5 Å². The zero-order valence-electron chi connectivity index (χ0n) is 21.6. The fourth-order valence-corrected chi connectivity index (χ4v) is 5.09. The van der Waals surface area contributed by atoms with E-state index >= 15 is 0 Å². The molecular weight excluding hydrogens is 561 g/mol. The van der Waals surface area contributed by atoms with E-state index in [1.165, 1.54) is 55.6 Å². The Morgan fingerprint density at radius 3 is 2.31 bits per heavy atom. The van der Waals surface area contributed by atoms with Crippen molar-refractivity contribution in [3.05, 3.63) is 102 Å². The average molecular weight is 590 g/mol. The number of para-hydroxylation sites is 2. The molecule has 0 fully saturated rings. The third kappa shape index (κ3) is 7.09. The molecule has 1 aromatic heterocycles. The van der Waals surface area contributed by atoms with Gasteiger partial charge < -0.3 is 20.5 Å². The lowest BCUT2D eigenvalue weighted by Gasteiger charge is -2.15. The second kappa shape index (κ2) is 12.5. The Hall–Kier alpha value is -5.23. The van der Waals surface area contributed by atoms with Gasteiger partial charge in [0.05, 0.1) is 29.5 Å². The van der Waals surface area contributed by atoms with E-state index in [1.807, 2.05) is 0 Å². The lowest BCUT2D eigenvalue weighted by Crippen LogP contribution is -2.17. The Bertz CT molecular complexity index is 1870. The quantitative estimate of drug-likeness (QED) is 0.168. The van der Waals surface area contributed by atoms with E-state index in [9.17, 15) is 22.7 Å². The molecule has 1 amide bonds. The molecule has 216 valence electrons. The van der Waals surface area contributed by atoms with Gasteiger partial charge >= 0.3 is 0 Å². The summed E-state index contributed by atoms with van der Waals surface area (Å²) < 4.78 is 48.0. The van der Waals surface area contributed by atoms with Gasteiger partial charge in [-0.25, -0.2) is 22.8 Å². The third-order valence-electron chi connectivity index (χ3n) is 5.87. The highest BCUT2D eigenvalue weighted by Gasteiger charge is 2.20. The van der Waals surface area contributed by atoms with Gasteiger partial charge in [0.1, 0.15) is 17.3 Å². The molecule has 0 spiro atoms. The summed E-state index contributed by atoms with van der Waals surface area (Å²) in [5.41, 5.74) is 2.06. The molecule has 12 heteroatoms. The molecule has 42 heavy (non-hydrogen) atoms. The molecule has 4 aromatic carbocycles. The first-order valence-electron chi connectivity index (χ1n) is 12.3. The number of nitrogens with one attached hydrogen (secondary N) is 3. The molecule has 4 N–H and O–H groups in total. The molecule has 5 aromatic rings. The zero-order chi connectivity index (χ0) is 29.0. The van der Waals surface area contributed by atoms with Gasteiger partial charge in [0.2, 0.25) is 5.91 Å². The van der Waals surface area contributed by atoms with Crippen LogP contribution in [0.2, 0.25) is 0 Å². The number of anilines is 4. The van der Waals surface area contributed by atoms with Crippen LogP contribution in [0.15, 0.2) is 95.9 Å². The number of carbonyl (C=O) groups is 1. The number of aromatic nitrogens is 2. The molecule has 0 atom stereocenters. The molecule has 0 aliphatic carbocycles. The molecule has 0 saturated heterocycles. The van der Waals surface area contributed by atoms with E-state index in [1.54, 1.807) is 42.5 Å². The number of phenolic OH excluding ortho intramolecular Hbond substituents is 1. The van der Waals surface area contributed by atoms with Crippen LogP contribution in [0.3, 0.4) is 0 Å². The molecule has 0 radical (unpaired) electrons. The number of methoxy groups -OCH3 is 1. The van der Waals surface area contributed by atoms with Crippen LogP contribution in [0.5, 0.6) is 11.5 Å². The van der Waals surface area contributed by atoms with Crippen molar-refractivity contribution in [3.63, 3.8) is 0 Å². The number of carbonyl (C=O) groups excluding carboxylic acids is 1. The molecular formula is C30H28FN5O5S. The van der Waals surface area contributed by atoms with Crippen molar-refractivity contribution in [1.82, 2.24) is 9.97 Å². The molecule has 5 rings (SSSR count). The monoisotopic (exact) mass is 589 g/mol. The lowest BCUT2D eigenvalue weighted by molar-refractivity contribution is -0.115. The van der Waals surface area contributed by atoms with Gasteiger partial charge in [0.25, 0.3) is 10.0 Å². The SMILES string of the molecule is C.COc1cc(O)cc(Nc2nc3ccccc3nc2NS(=O)(=O)c2cccc(NC(=O)Cc3cccc(F)c3)c2)c1. The Balaban J connectivity index is 0.00000405. The minimum Gasteiger partial charge on any atom is -0.508 e. The maximum absolute atomic E-state index is 13.5.